The molecule has 104 valence electrons. The molecular formula is C15H27NO2. The number of hydrogen-bond donors (Lipinski definition) is 0. The Labute approximate surface area is 111 Å². The van der Waals surface area contributed by atoms with E-state index < -0.39 is 0 Å². The number of carbonyl (C=O) groups excluding carboxylic acids is 1. The topological polar surface area (TPSA) is 29.5 Å². The number of ether oxygens (including phenoxy) is 1. The molecule has 18 heavy (non-hydrogen) atoms. The van der Waals surface area contributed by atoms with Crippen LogP contribution in [0, 0.1) is 0 Å². The number of hydrogen-bond acceptors (Lipinski definition) is 3. The van der Waals surface area contributed by atoms with Gasteiger partial charge in [-0.2, -0.15) is 0 Å². The van der Waals surface area contributed by atoms with Gasteiger partial charge in [0.2, 0.25) is 0 Å². The van der Waals surface area contributed by atoms with Gasteiger partial charge in [-0.15, -0.1) is 0 Å². The van der Waals surface area contributed by atoms with Crippen LogP contribution in [0.1, 0.15) is 52.4 Å². The van der Waals surface area contributed by atoms with Crippen molar-refractivity contribution in [3.05, 3.63) is 11.6 Å². The van der Waals surface area contributed by atoms with Crippen molar-refractivity contribution in [1.82, 2.24) is 4.90 Å². The Hall–Kier alpha value is -0.830. The Morgan fingerprint density at radius 2 is 1.94 bits per heavy atom. The molecule has 1 aliphatic carbocycles. The van der Waals surface area contributed by atoms with Crippen LogP contribution in [0.4, 0.5) is 0 Å². The van der Waals surface area contributed by atoms with Crippen LogP contribution in [-0.4, -0.2) is 37.1 Å². The Bertz CT molecular complexity index is 280. The van der Waals surface area contributed by atoms with Gasteiger partial charge in [-0.25, -0.2) is 4.79 Å². The van der Waals surface area contributed by atoms with Crippen molar-refractivity contribution >= 4 is 5.97 Å². The lowest BCUT2D eigenvalue weighted by Gasteiger charge is -2.32. The van der Waals surface area contributed by atoms with Gasteiger partial charge in [-0.1, -0.05) is 39.2 Å². The highest BCUT2D eigenvalue weighted by Gasteiger charge is 2.19. The van der Waals surface area contributed by atoms with Gasteiger partial charge in [0.15, 0.2) is 0 Å². The summed E-state index contributed by atoms with van der Waals surface area (Å²) in [5.74, 6) is -0.183. The van der Waals surface area contributed by atoms with Crippen molar-refractivity contribution in [3.63, 3.8) is 0 Å². The summed E-state index contributed by atoms with van der Waals surface area (Å²) in [7, 11) is 1.45. The zero-order valence-corrected chi connectivity index (χ0v) is 12.1. The third-order valence-electron chi connectivity index (χ3n) is 3.90. The molecule has 0 aromatic carbocycles. The molecule has 3 heteroatoms. The van der Waals surface area contributed by atoms with E-state index >= 15 is 0 Å². The highest BCUT2D eigenvalue weighted by atomic mass is 16.5. The van der Waals surface area contributed by atoms with E-state index in [1.54, 1.807) is 0 Å². The quantitative estimate of drug-likeness (QED) is 0.538. The van der Waals surface area contributed by atoms with Crippen LogP contribution in [0.5, 0.6) is 0 Å². The number of likely N-dealkylation sites (N-methyl/N-ethyl adjacent to an activating group) is 1. The second-order valence-electron chi connectivity index (χ2n) is 4.95. The number of carbonyl (C=O) groups is 1. The smallest absolute Gasteiger partial charge is 0.333 e. The minimum absolute atomic E-state index is 0.183. The van der Waals surface area contributed by atoms with Crippen molar-refractivity contribution in [2.75, 3.05) is 20.2 Å². The molecule has 3 nitrogen and oxygen atoms in total. The van der Waals surface area contributed by atoms with E-state index in [1.165, 1.54) is 39.2 Å². The van der Waals surface area contributed by atoms with E-state index in [9.17, 15) is 4.79 Å². The van der Waals surface area contributed by atoms with Crippen molar-refractivity contribution < 1.29 is 9.53 Å². The summed E-state index contributed by atoms with van der Waals surface area (Å²) in [6.45, 7) is 6.13. The summed E-state index contributed by atoms with van der Waals surface area (Å²) in [5, 5.41) is 0. The zero-order valence-electron chi connectivity index (χ0n) is 12.1. The van der Waals surface area contributed by atoms with E-state index in [4.69, 9.17) is 4.74 Å². The first-order valence-electron chi connectivity index (χ1n) is 7.24. The molecule has 0 spiro atoms. The summed E-state index contributed by atoms with van der Waals surface area (Å²) >= 11 is 0. The Balaban J connectivity index is 2.55. The maximum Gasteiger partial charge on any atom is 0.333 e. The fourth-order valence-corrected chi connectivity index (χ4v) is 2.71. The molecular weight excluding hydrogens is 226 g/mol. The fraction of sp³-hybridized carbons (Fsp3) is 0.800. The highest BCUT2D eigenvalue weighted by Crippen LogP contribution is 2.22. The molecule has 1 rings (SSSR count). The molecule has 0 saturated heterocycles. The Kier molecular flexibility index (Phi) is 7.02. The molecule has 0 radical (unpaired) electrons. The summed E-state index contributed by atoms with van der Waals surface area (Å²) in [6.07, 6.45) is 9.48. The normalized spacial score (nSPS) is 18.1. The first-order chi connectivity index (χ1) is 8.72. The number of rotatable bonds is 6. The van der Waals surface area contributed by atoms with Gasteiger partial charge >= 0.3 is 5.97 Å². The second-order valence-corrected chi connectivity index (χ2v) is 4.95. The minimum Gasteiger partial charge on any atom is -0.466 e. The molecule has 0 aliphatic heterocycles. The number of nitrogens with zero attached hydrogens (tertiary/aromatic N) is 1. The SMILES string of the molecule is CCC(=CCN(CC)C1CCCCC1)C(=O)OC. The average Bonchev–Trinajstić information content (AvgIpc) is 2.44. The largest absolute Gasteiger partial charge is 0.466 e. The molecule has 1 aliphatic rings. The molecule has 0 bridgehead atoms. The van der Waals surface area contributed by atoms with Gasteiger partial charge in [-0.05, 0) is 25.8 Å². The number of methoxy groups -OCH3 is 1. The van der Waals surface area contributed by atoms with Gasteiger partial charge in [-0.3, -0.25) is 4.90 Å². The van der Waals surface area contributed by atoms with Gasteiger partial charge < -0.3 is 4.74 Å². The van der Waals surface area contributed by atoms with Gasteiger partial charge in [0, 0.05) is 18.2 Å². The van der Waals surface area contributed by atoms with Gasteiger partial charge in [0.05, 0.1) is 7.11 Å². The lowest BCUT2D eigenvalue weighted by Crippen LogP contribution is -2.36. The average molecular weight is 253 g/mol. The summed E-state index contributed by atoms with van der Waals surface area (Å²) in [4.78, 5) is 14.0. The minimum atomic E-state index is -0.183. The molecule has 0 atom stereocenters. The third kappa shape index (κ3) is 4.45. The Morgan fingerprint density at radius 1 is 1.28 bits per heavy atom. The molecule has 0 heterocycles. The molecule has 1 saturated carbocycles. The van der Waals surface area contributed by atoms with Crippen molar-refractivity contribution in [2.24, 2.45) is 0 Å². The maximum atomic E-state index is 11.5. The van der Waals surface area contributed by atoms with Crippen molar-refractivity contribution in [2.45, 2.75) is 58.4 Å². The highest BCUT2D eigenvalue weighted by molar-refractivity contribution is 5.88. The summed E-state index contributed by atoms with van der Waals surface area (Å²) in [6, 6.07) is 0.704. The molecule has 1 fully saturated rings. The zero-order chi connectivity index (χ0) is 13.4. The first kappa shape index (κ1) is 15.2. The molecule has 0 aromatic heterocycles. The molecule has 0 N–H and O–H groups in total. The van der Waals surface area contributed by atoms with E-state index in [-0.39, 0.29) is 5.97 Å². The number of esters is 1. The van der Waals surface area contributed by atoms with Crippen LogP contribution in [0.25, 0.3) is 0 Å². The van der Waals surface area contributed by atoms with Crippen LogP contribution in [0.3, 0.4) is 0 Å². The molecule has 0 aromatic rings. The van der Waals surface area contributed by atoms with Gasteiger partial charge in [0.1, 0.15) is 0 Å². The fourth-order valence-electron chi connectivity index (χ4n) is 2.71. The van der Waals surface area contributed by atoms with Crippen LogP contribution in [0.2, 0.25) is 0 Å². The van der Waals surface area contributed by atoms with E-state index in [2.05, 4.69) is 11.8 Å². The van der Waals surface area contributed by atoms with Crippen LogP contribution in [0.15, 0.2) is 11.6 Å². The first-order valence-corrected chi connectivity index (χ1v) is 7.24. The van der Waals surface area contributed by atoms with Crippen molar-refractivity contribution in [3.8, 4) is 0 Å². The standard InChI is InChI=1S/C15H27NO2/c1-4-13(15(17)18-3)11-12-16(5-2)14-9-7-6-8-10-14/h11,14H,4-10,12H2,1-3H3. The Morgan fingerprint density at radius 3 is 2.44 bits per heavy atom. The van der Waals surface area contributed by atoms with E-state index in [0.717, 1.165) is 25.1 Å². The monoisotopic (exact) mass is 253 g/mol. The third-order valence-corrected chi connectivity index (χ3v) is 3.90. The molecule has 0 amide bonds. The predicted molar refractivity (Wildman–Crippen MR) is 74.5 cm³/mol. The van der Waals surface area contributed by atoms with Crippen LogP contribution >= 0.6 is 0 Å². The van der Waals surface area contributed by atoms with Crippen molar-refractivity contribution in [1.29, 1.82) is 0 Å². The lowest BCUT2D eigenvalue weighted by atomic mass is 9.94. The van der Waals surface area contributed by atoms with Gasteiger partial charge in [0.25, 0.3) is 0 Å². The lowest BCUT2D eigenvalue weighted by molar-refractivity contribution is -0.136. The second kappa shape index (κ2) is 8.30. The van der Waals surface area contributed by atoms with Crippen LogP contribution in [-0.2, 0) is 9.53 Å². The van der Waals surface area contributed by atoms with Crippen LogP contribution < -0.4 is 0 Å². The predicted octanol–water partition coefficient (Wildman–Crippen LogP) is 3.15. The van der Waals surface area contributed by atoms with E-state index in [0.29, 0.717) is 6.04 Å². The molecule has 0 unspecified atom stereocenters. The summed E-state index contributed by atoms with van der Waals surface area (Å²) < 4.78 is 4.79. The maximum absolute atomic E-state index is 11.5. The van der Waals surface area contributed by atoms with E-state index in [1.807, 2.05) is 13.0 Å². The summed E-state index contributed by atoms with van der Waals surface area (Å²) in [5.41, 5.74) is 0.798.